The van der Waals surface area contributed by atoms with Crippen LogP contribution in [0.25, 0.3) is 0 Å². The van der Waals surface area contributed by atoms with Crippen LogP contribution >= 0.6 is 0 Å². The summed E-state index contributed by atoms with van der Waals surface area (Å²) in [5.41, 5.74) is 2.97. The summed E-state index contributed by atoms with van der Waals surface area (Å²) >= 11 is 0. The zero-order valence-electron chi connectivity index (χ0n) is 14.0. The topological polar surface area (TPSA) is 58.1 Å². The number of para-hydroxylation sites is 1. The van der Waals surface area contributed by atoms with Gasteiger partial charge in [0.1, 0.15) is 17.3 Å². The molecule has 0 bridgehead atoms. The van der Waals surface area contributed by atoms with Gasteiger partial charge in [-0.3, -0.25) is 4.79 Å². The highest BCUT2D eigenvalue weighted by molar-refractivity contribution is 5.93. The lowest BCUT2D eigenvalue weighted by Crippen LogP contribution is -2.33. The van der Waals surface area contributed by atoms with Crippen molar-refractivity contribution in [1.82, 2.24) is 15.3 Å². The summed E-state index contributed by atoms with van der Waals surface area (Å²) in [6.45, 7) is 2.73. The molecule has 1 fully saturated rings. The number of aromatic nitrogens is 2. The van der Waals surface area contributed by atoms with E-state index in [9.17, 15) is 4.79 Å². The molecule has 1 aliphatic heterocycles. The van der Waals surface area contributed by atoms with Crippen molar-refractivity contribution in [2.75, 3.05) is 11.4 Å². The Morgan fingerprint density at radius 2 is 2.00 bits per heavy atom. The van der Waals surface area contributed by atoms with Crippen molar-refractivity contribution >= 4 is 17.4 Å². The molecule has 0 radical (unpaired) electrons. The Hall–Kier alpha value is -2.43. The van der Waals surface area contributed by atoms with Gasteiger partial charge in [-0.25, -0.2) is 9.97 Å². The second-order valence-corrected chi connectivity index (χ2v) is 6.64. The Morgan fingerprint density at radius 3 is 2.83 bits per heavy atom. The Morgan fingerprint density at radius 1 is 1.21 bits per heavy atom. The number of hydrogen-bond acceptors (Lipinski definition) is 4. The van der Waals surface area contributed by atoms with Gasteiger partial charge in [-0.05, 0) is 37.8 Å². The lowest BCUT2D eigenvalue weighted by molar-refractivity contribution is 0.0932. The van der Waals surface area contributed by atoms with Gasteiger partial charge in [0.15, 0.2) is 0 Å². The van der Waals surface area contributed by atoms with E-state index in [1.165, 1.54) is 24.1 Å². The fourth-order valence-corrected chi connectivity index (χ4v) is 3.71. The molecule has 1 aromatic carbocycles. The number of aryl methyl sites for hydroxylation is 1. The first-order chi connectivity index (χ1) is 11.7. The van der Waals surface area contributed by atoms with Crippen LogP contribution in [0.4, 0.5) is 11.5 Å². The van der Waals surface area contributed by atoms with Crippen molar-refractivity contribution in [3.05, 3.63) is 47.4 Å². The zero-order chi connectivity index (χ0) is 16.5. The average Bonchev–Trinajstić information content (AvgIpc) is 3.23. The van der Waals surface area contributed by atoms with Gasteiger partial charge in [-0.2, -0.15) is 0 Å². The molecule has 2 heterocycles. The van der Waals surface area contributed by atoms with Crippen LogP contribution in [-0.2, 0) is 6.42 Å². The quantitative estimate of drug-likeness (QED) is 0.943. The van der Waals surface area contributed by atoms with E-state index in [2.05, 4.69) is 38.4 Å². The highest BCUT2D eigenvalue weighted by atomic mass is 16.1. The standard InChI is InChI=1S/C19H22N4O/c1-13-20-16(19(24)22-15-7-3-4-8-15)12-18(21-13)23-11-10-14-6-2-5-9-17(14)23/h2,5-6,9,12,15H,3-4,7-8,10-11H2,1H3,(H,22,24). The van der Waals surface area contributed by atoms with Crippen molar-refractivity contribution in [3.8, 4) is 0 Å². The summed E-state index contributed by atoms with van der Waals surface area (Å²) in [7, 11) is 0. The normalized spacial score (nSPS) is 17.1. The SMILES string of the molecule is Cc1nc(C(=O)NC2CCCC2)cc(N2CCc3ccccc32)n1. The van der Waals surface area contributed by atoms with Gasteiger partial charge in [-0.1, -0.05) is 31.0 Å². The Kier molecular flexibility index (Phi) is 3.92. The minimum Gasteiger partial charge on any atom is -0.348 e. The summed E-state index contributed by atoms with van der Waals surface area (Å²) in [5.74, 6) is 1.36. The molecule has 1 N–H and O–H groups in total. The van der Waals surface area contributed by atoms with E-state index in [1.807, 2.05) is 19.1 Å². The van der Waals surface area contributed by atoms with E-state index in [4.69, 9.17) is 0 Å². The molecule has 0 saturated heterocycles. The molecular formula is C19H22N4O. The monoisotopic (exact) mass is 322 g/mol. The summed E-state index contributed by atoms with van der Waals surface area (Å²) in [6, 6.07) is 10.5. The van der Waals surface area contributed by atoms with E-state index >= 15 is 0 Å². The Bertz CT molecular complexity index is 768. The van der Waals surface area contributed by atoms with Gasteiger partial charge in [0.25, 0.3) is 5.91 Å². The molecule has 2 aliphatic rings. The first-order valence-corrected chi connectivity index (χ1v) is 8.73. The second-order valence-electron chi connectivity index (χ2n) is 6.64. The van der Waals surface area contributed by atoms with Gasteiger partial charge >= 0.3 is 0 Å². The molecule has 5 heteroatoms. The molecule has 0 spiro atoms. The third kappa shape index (κ3) is 2.86. The maximum Gasteiger partial charge on any atom is 0.270 e. The Balaban J connectivity index is 1.61. The van der Waals surface area contributed by atoms with Gasteiger partial charge in [0.2, 0.25) is 0 Å². The summed E-state index contributed by atoms with van der Waals surface area (Å²) in [6.07, 6.45) is 5.54. The minimum absolute atomic E-state index is 0.0823. The second kappa shape index (κ2) is 6.23. The maximum absolute atomic E-state index is 12.5. The van der Waals surface area contributed by atoms with Crippen LogP contribution in [0.5, 0.6) is 0 Å². The number of carbonyl (C=O) groups is 1. The number of amides is 1. The van der Waals surface area contributed by atoms with Crippen LogP contribution in [0.3, 0.4) is 0 Å². The number of carbonyl (C=O) groups excluding carboxylic acids is 1. The number of rotatable bonds is 3. The summed E-state index contributed by atoms with van der Waals surface area (Å²) in [5, 5.41) is 3.11. The largest absolute Gasteiger partial charge is 0.348 e. The molecule has 4 rings (SSSR count). The van der Waals surface area contributed by atoms with Crippen molar-refractivity contribution in [3.63, 3.8) is 0 Å². The number of fused-ring (bicyclic) bond motifs is 1. The molecule has 1 amide bonds. The van der Waals surface area contributed by atoms with Gasteiger partial charge in [0, 0.05) is 24.3 Å². The van der Waals surface area contributed by atoms with Crippen molar-refractivity contribution < 1.29 is 4.79 Å². The fraction of sp³-hybridized carbons (Fsp3) is 0.421. The van der Waals surface area contributed by atoms with Gasteiger partial charge in [0.05, 0.1) is 0 Å². The predicted molar refractivity (Wildman–Crippen MR) is 93.6 cm³/mol. The number of nitrogens with one attached hydrogen (secondary N) is 1. The molecule has 2 aromatic rings. The van der Waals surface area contributed by atoms with Crippen LogP contribution in [0.2, 0.25) is 0 Å². The molecule has 1 aromatic heterocycles. The van der Waals surface area contributed by atoms with Crippen LogP contribution in [0, 0.1) is 6.92 Å². The summed E-state index contributed by atoms with van der Waals surface area (Å²) in [4.78, 5) is 23.6. The van der Waals surface area contributed by atoms with Crippen molar-refractivity contribution in [2.24, 2.45) is 0 Å². The third-order valence-corrected chi connectivity index (χ3v) is 4.91. The molecule has 24 heavy (non-hydrogen) atoms. The summed E-state index contributed by atoms with van der Waals surface area (Å²) < 4.78 is 0. The molecule has 0 unspecified atom stereocenters. The molecule has 1 aliphatic carbocycles. The lowest BCUT2D eigenvalue weighted by atomic mass is 10.2. The first kappa shape index (κ1) is 15.1. The van der Waals surface area contributed by atoms with Crippen molar-refractivity contribution in [1.29, 1.82) is 0 Å². The highest BCUT2D eigenvalue weighted by Crippen LogP contribution is 2.33. The highest BCUT2D eigenvalue weighted by Gasteiger charge is 2.24. The van der Waals surface area contributed by atoms with E-state index in [0.717, 1.165) is 31.6 Å². The van der Waals surface area contributed by atoms with Crippen LogP contribution in [0.15, 0.2) is 30.3 Å². The first-order valence-electron chi connectivity index (χ1n) is 8.73. The maximum atomic E-state index is 12.5. The number of hydrogen-bond donors (Lipinski definition) is 1. The Labute approximate surface area is 142 Å². The number of benzene rings is 1. The fourth-order valence-electron chi connectivity index (χ4n) is 3.71. The molecule has 0 atom stereocenters. The third-order valence-electron chi connectivity index (χ3n) is 4.91. The molecule has 1 saturated carbocycles. The van der Waals surface area contributed by atoms with Crippen LogP contribution in [0.1, 0.15) is 47.6 Å². The molecule has 124 valence electrons. The van der Waals surface area contributed by atoms with Crippen molar-refractivity contribution in [2.45, 2.75) is 45.1 Å². The zero-order valence-corrected chi connectivity index (χ0v) is 14.0. The predicted octanol–water partition coefficient (Wildman–Crippen LogP) is 3.15. The smallest absolute Gasteiger partial charge is 0.270 e. The van der Waals surface area contributed by atoms with E-state index < -0.39 is 0 Å². The van der Waals surface area contributed by atoms with E-state index in [1.54, 1.807) is 0 Å². The molecule has 5 nitrogen and oxygen atoms in total. The lowest BCUT2D eigenvalue weighted by Gasteiger charge is -2.19. The van der Waals surface area contributed by atoms with Gasteiger partial charge < -0.3 is 10.2 Å². The minimum atomic E-state index is -0.0823. The van der Waals surface area contributed by atoms with E-state index in [-0.39, 0.29) is 5.91 Å². The number of nitrogens with zero attached hydrogens (tertiary/aromatic N) is 3. The average molecular weight is 322 g/mol. The molecular weight excluding hydrogens is 300 g/mol. The number of anilines is 2. The van der Waals surface area contributed by atoms with Crippen LogP contribution in [-0.4, -0.2) is 28.5 Å². The van der Waals surface area contributed by atoms with E-state index in [0.29, 0.717) is 17.6 Å². The van der Waals surface area contributed by atoms with Gasteiger partial charge in [-0.15, -0.1) is 0 Å². The van der Waals surface area contributed by atoms with Crippen LogP contribution < -0.4 is 10.2 Å².